The maximum atomic E-state index is 6.36. The number of nitrogen functional groups attached to an aromatic ring is 1. The molecule has 0 amide bonds. The molecule has 4 rings (SSSR count). The van der Waals surface area contributed by atoms with Crippen LogP contribution >= 0.6 is 11.6 Å². The second-order valence-electron chi connectivity index (χ2n) is 5.63. The largest absolute Gasteiger partial charge is 0.399 e. The number of nitrogens with two attached hydrogens (primary N) is 2. The van der Waals surface area contributed by atoms with Crippen LogP contribution in [0.2, 0.25) is 5.02 Å². The Hall–Kier alpha value is -1.97. The number of hydrogen-bond acceptors (Lipinski definition) is 2. The Bertz CT molecular complexity index is 833. The summed E-state index contributed by atoms with van der Waals surface area (Å²) in [4.78, 5) is 3.49. The third-order valence-corrected chi connectivity index (χ3v) is 4.66. The van der Waals surface area contributed by atoms with E-state index in [1.54, 1.807) is 0 Å². The van der Waals surface area contributed by atoms with E-state index in [-0.39, 0.29) is 6.04 Å². The van der Waals surface area contributed by atoms with Crippen molar-refractivity contribution >= 4 is 28.2 Å². The number of nitrogens with one attached hydrogen (secondary N) is 1. The van der Waals surface area contributed by atoms with Gasteiger partial charge in [-0.1, -0.05) is 29.8 Å². The molecule has 5 N–H and O–H groups in total. The standard InChI is InChI=1S/C17H16ClN3/c18-13-7-5-11-14(20)8-6-12-15(11)17(13)21-16(12)9-1-3-10(19)4-2-9/h1-5,7,14,21H,6,8,19-20H2. The number of aryl methyl sites for hydroxylation is 1. The number of hydrogen-bond donors (Lipinski definition) is 3. The molecule has 3 nitrogen and oxygen atoms in total. The first kappa shape index (κ1) is 12.7. The third-order valence-electron chi connectivity index (χ3n) is 4.34. The van der Waals surface area contributed by atoms with Gasteiger partial charge in [0.05, 0.1) is 10.5 Å². The van der Waals surface area contributed by atoms with Crippen LogP contribution in [0.25, 0.3) is 22.2 Å². The summed E-state index contributed by atoms with van der Waals surface area (Å²) in [6.07, 6.45) is 1.93. The van der Waals surface area contributed by atoms with Crippen molar-refractivity contribution in [3.63, 3.8) is 0 Å². The van der Waals surface area contributed by atoms with Crippen LogP contribution in [0.4, 0.5) is 5.69 Å². The average molecular weight is 298 g/mol. The van der Waals surface area contributed by atoms with E-state index in [0.717, 1.165) is 40.3 Å². The van der Waals surface area contributed by atoms with Gasteiger partial charge in [0.15, 0.2) is 0 Å². The van der Waals surface area contributed by atoms with Crippen molar-refractivity contribution in [1.29, 1.82) is 0 Å². The third kappa shape index (κ3) is 1.85. The van der Waals surface area contributed by atoms with Crippen LogP contribution in [-0.2, 0) is 6.42 Å². The first-order valence-corrected chi connectivity index (χ1v) is 7.47. The van der Waals surface area contributed by atoms with E-state index in [1.807, 2.05) is 30.3 Å². The molecule has 21 heavy (non-hydrogen) atoms. The zero-order valence-electron chi connectivity index (χ0n) is 11.5. The fourth-order valence-corrected chi connectivity index (χ4v) is 3.48. The highest BCUT2D eigenvalue weighted by Crippen LogP contribution is 2.42. The van der Waals surface area contributed by atoms with Gasteiger partial charge >= 0.3 is 0 Å². The summed E-state index contributed by atoms with van der Waals surface area (Å²) in [5, 5.41) is 1.94. The predicted molar refractivity (Wildman–Crippen MR) is 88.4 cm³/mol. The lowest BCUT2D eigenvalue weighted by molar-refractivity contribution is 0.644. The van der Waals surface area contributed by atoms with Gasteiger partial charge in [-0.3, -0.25) is 0 Å². The van der Waals surface area contributed by atoms with Crippen LogP contribution in [0, 0.1) is 0 Å². The quantitative estimate of drug-likeness (QED) is 0.594. The van der Waals surface area contributed by atoms with Crippen molar-refractivity contribution in [2.75, 3.05) is 5.73 Å². The molecule has 3 aromatic rings. The van der Waals surface area contributed by atoms with E-state index in [0.29, 0.717) is 0 Å². The molecular formula is C17H16ClN3. The number of H-pyrrole nitrogens is 1. The van der Waals surface area contributed by atoms with Crippen LogP contribution in [0.5, 0.6) is 0 Å². The van der Waals surface area contributed by atoms with Crippen molar-refractivity contribution in [3.8, 4) is 11.3 Å². The molecule has 0 saturated carbocycles. The van der Waals surface area contributed by atoms with E-state index in [4.69, 9.17) is 23.1 Å². The number of benzene rings is 2. The van der Waals surface area contributed by atoms with Gasteiger partial charge in [-0.15, -0.1) is 0 Å². The number of aromatic amines is 1. The molecule has 1 unspecified atom stereocenters. The summed E-state index contributed by atoms with van der Waals surface area (Å²) in [6.45, 7) is 0. The summed E-state index contributed by atoms with van der Waals surface area (Å²) in [6, 6.07) is 12.0. The first-order valence-electron chi connectivity index (χ1n) is 7.09. The van der Waals surface area contributed by atoms with Gasteiger partial charge in [0.1, 0.15) is 0 Å². The lowest BCUT2D eigenvalue weighted by Crippen LogP contribution is -2.15. The van der Waals surface area contributed by atoms with Crippen molar-refractivity contribution < 1.29 is 0 Å². The molecular weight excluding hydrogens is 282 g/mol. The van der Waals surface area contributed by atoms with Crippen molar-refractivity contribution in [3.05, 3.63) is 52.5 Å². The maximum Gasteiger partial charge on any atom is 0.0654 e. The van der Waals surface area contributed by atoms with Crippen LogP contribution in [0.15, 0.2) is 36.4 Å². The normalized spacial score (nSPS) is 17.3. The van der Waals surface area contributed by atoms with E-state index < -0.39 is 0 Å². The Morgan fingerprint density at radius 2 is 1.86 bits per heavy atom. The second-order valence-corrected chi connectivity index (χ2v) is 6.04. The molecule has 0 saturated heterocycles. The van der Waals surface area contributed by atoms with Gasteiger partial charge in [-0.2, -0.15) is 0 Å². The maximum absolute atomic E-state index is 6.36. The van der Waals surface area contributed by atoms with E-state index in [9.17, 15) is 0 Å². The number of rotatable bonds is 1. The number of aromatic nitrogens is 1. The van der Waals surface area contributed by atoms with Crippen LogP contribution in [0.3, 0.4) is 0 Å². The van der Waals surface area contributed by atoms with E-state index in [1.165, 1.54) is 16.5 Å². The average Bonchev–Trinajstić information content (AvgIpc) is 2.87. The highest BCUT2D eigenvalue weighted by Gasteiger charge is 2.24. The summed E-state index contributed by atoms with van der Waals surface area (Å²) in [5.74, 6) is 0. The van der Waals surface area contributed by atoms with Crippen molar-refractivity contribution in [2.45, 2.75) is 18.9 Å². The molecule has 0 aliphatic heterocycles. The number of anilines is 1. The fraction of sp³-hybridized carbons (Fsp3) is 0.176. The predicted octanol–water partition coefficient (Wildman–Crippen LogP) is 4.02. The Morgan fingerprint density at radius 1 is 1.10 bits per heavy atom. The fourth-order valence-electron chi connectivity index (χ4n) is 3.28. The van der Waals surface area contributed by atoms with Crippen molar-refractivity contribution in [2.24, 2.45) is 5.73 Å². The zero-order chi connectivity index (χ0) is 14.6. The van der Waals surface area contributed by atoms with Crippen LogP contribution in [-0.4, -0.2) is 4.98 Å². The highest BCUT2D eigenvalue weighted by atomic mass is 35.5. The van der Waals surface area contributed by atoms with E-state index >= 15 is 0 Å². The molecule has 4 heteroatoms. The molecule has 0 radical (unpaired) electrons. The minimum Gasteiger partial charge on any atom is -0.399 e. The second kappa shape index (κ2) is 4.52. The monoisotopic (exact) mass is 297 g/mol. The Kier molecular flexibility index (Phi) is 2.74. The number of halogens is 1. The van der Waals surface area contributed by atoms with Gasteiger partial charge < -0.3 is 16.5 Å². The Morgan fingerprint density at radius 3 is 2.62 bits per heavy atom. The smallest absolute Gasteiger partial charge is 0.0654 e. The summed E-state index contributed by atoms with van der Waals surface area (Å²) >= 11 is 6.36. The molecule has 1 atom stereocenters. The Labute approximate surface area is 127 Å². The zero-order valence-corrected chi connectivity index (χ0v) is 12.2. The molecule has 0 spiro atoms. The van der Waals surface area contributed by atoms with Gasteiger partial charge in [-0.25, -0.2) is 0 Å². The molecule has 106 valence electrons. The summed E-state index contributed by atoms with van der Waals surface area (Å²) in [7, 11) is 0. The van der Waals surface area contributed by atoms with Crippen LogP contribution < -0.4 is 11.5 Å². The van der Waals surface area contributed by atoms with Gasteiger partial charge in [0, 0.05) is 22.8 Å². The minimum absolute atomic E-state index is 0.0901. The Balaban J connectivity index is 2.04. The van der Waals surface area contributed by atoms with Crippen LogP contribution in [0.1, 0.15) is 23.6 Å². The SMILES string of the molecule is Nc1ccc(-c2[nH]c3c(Cl)ccc4c3c2CCC4N)cc1. The molecule has 0 fully saturated rings. The lowest BCUT2D eigenvalue weighted by atomic mass is 9.87. The first-order chi connectivity index (χ1) is 10.1. The molecule has 1 aliphatic carbocycles. The van der Waals surface area contributed by atoms with Crippen molar-refractivity contribution in [1.82, 2.24) is 4.98 Å². The molecule has 1 aromatic heterocycles. The van der Waals surface area contributed by atoms with E-state index in [2.05, 4.69) is 11.1 Å². The minimum atomic E-state index is 0.0901. The summed E-state index contributed by atoms with van der Waals surface area (Å²) < 4.78 is 0. The molecule has 1 heterocycles. The van der Waals surface area contributed by atoms with Gasteiger partial charge in [0.25, 0.3) is 0 Å². The topological polar surface area (TPSA) is 67.8 Å². The lowest BCUT2D eigenvalue weighted by Gasteiger charge is -2.20. The highest BCUT2D eigenvalue weighted by molar-refractivity contribution is 6.35. The molecule has 2 aromatic carbocycles. The molecule has 1 aliphatic rings. The molecule has 0 bridgehead atoms. The van der Waals surface area contributed by atoms with Gasteiger partial charge in [0.2, 0.25) is 0 Å². The summed E-state index contributed by atoms with van der Waals surface area (Å²) in [5.41, 5.74) is 18.6. The van der Waals surface area contributed by atoms with Gasteiger partial charge in [-0.05, 0) is 47.7 Å².